The number of rotatable bonds is 8. The van der Waals surface area contributed by atoms with Crippen molar-refractivity contribution in [3.63, 3.8) is 0 Å². The Morgan fingerprint density at radius 2 is 0.843 bits per heavy atom. The van der Waals surface area contributed by atoms with Crippen LogP contribution in [0.2, 0.25) is 0 Å². The molecule has 0 unspecified atom stereocenters. The molecule has 51 heavy (non-hydrogen) atoms. The number of nitrogens with two attached hydrogens (primary N) is 1. The molecule has 0 atom stereocenters. The number of halogens is 12. The van der Waals surface area contributed by atoms with Crippen molar-refractivity contribution in [1.29, 1.82) is 10.8 Å². The number of benzene rings is 4. The van der Waals surface area contributed by atoms with E-state index in [1.807, 2.05) is 0 Å². The smallest absolute Gasteiger partial charge is 0.170 e. The molecule has 1 heterocycles. The third-order valence-electron chi connectivity index (χ3n) is 7.66. The van der Waals surface area contributed by atoms with E-state index in [2.05, 4.69) is 15.9 Å². The number of aromatic amines is 1. The molecule has 262 valence electrons. The zero-order valence-electron chi connectivity index (χ0n) is 25.0. The van der Waals surface area contributed by atoms with Crippen molar-refractivity contribution in [1.82, 2.24) is 10.2 Å². The molecule has 8 N–H and O–H groups in total. The maximum absolute atomic E-state index is 15.6. The van der Waals surface area contributed by atoms with Crippen LogP contribution in [0.5, 0.6) is 0 Å². The van der Waals surface area contributed by atoms with Crippen LogP contribution < -0.4 is 11.5 Å². The van der Waals surface area contributed by atoms with Gasteiger partial charge < -0.3 is 22.3 Å². The number of allylic oxidation sites excluding steroid dienone is 2. The number of H-pyrrole nitrogens is 1. The van der Waals surface area contributed by atoms with E-state index in [-0.39, 0.29) is 12.4 Å². The maximum Gasteiger partial charge on any atom is 0.170 e. The van der Waals surface area contributed by atoms with E-state index in [0.29, 0.717) is 30.6 Å². The fraction of sp³-hybridized carbons (Fsp3) is 0. The maximum atomic E-state index is 15.6. The molecule has 0 saturated carbocycles. The Bertz CT molecular complexity index is 2150. The average molecular weight is 726 g/mol. The van der Waals surface area contributed by atoms with Crippen LogP contribution in [0.4, 0.5) is 52.7 Å². The molecule has 5 aromatic rings. The quantitative estimate of drug-likeness (QED) is 0.0633. The van der Waals surface area contributed by atoms with Crippen LogP contribution in [0, 0.1) is 80.6 Å². The second-order valence-corrected chi connectivity index (χ2v) is 10.4. The number of hydrogen-bond donors (Lipinski definition) is 5. The van der Waals surface area contributed by atoms with E-state index in [9.17, 15) is 0 Å². The van der Waals surface area contributed by atoms with Crippen molar-refractivity contribution in [2.75, 3.05) is 0 Å². The van der Waals surface area contributed by atoms with Gasteiger partial charge in [0.05, 0.1) is 45.2 Å². The van der Waals surface area contributed by atoms with Crippen molar-refractivity contribution >= 4 is 23.6 Å². The lowest BCUT2D eigenvalue weighted by atomic mass is 9.89. The van der Waals surface area contributed by atoms with Gasteiger partial charge in [0.25, 0.3) is 0 Å². The van der Waals surface area contributed by atoms with Gasteiger partial charge in [0.2, 0.25) is 0 Å². The lowest BCUT2D eigenvalue weighted by Gasteiger charge is -2.18. The summed E-state index contributed by atoms with van der Waals surface area (Å²) >= 11 is 0. The number of quaternary nitrogens is 1. The van der Waals surface area contributed by atoms with E-state index in [1.54, 1.807) is 0 Å². The van der Waals surface area contributed by atoms with E-state index >= 15 is 52.7 Å². The summed E-state index contributed by atoms with van der Waals surface area (Å²) in [5, 5.41) is 20.1. The summed E-state index contributed by atoms with van der Waals surface area (Å²) in [5.41, 5.74) is -6.79. The molecule has 0 aliphatic rings. The Morgan fingerprint density at radius 3 is 1.12 bits per heavy atom. The van der Waals surface area contributed by atoms with E-state index in [0.717, 1.165) is 12.4 Å². The summed E-state index contributed by atoms with van der Waals surface area (Å²) in [6.45, 7) is 0. The van der Waals surface area contributed by atoms with E-state index in [1.165, 1.54) is 0 Å². The zero-order chi connectivity index (χ0) is 37.6. The average Bonchev–Trinajstić information content (AvgIpc) is 3.64. The van der Waals surface area contributed by atoms with Gasteiger partial charge in [-0.1, -0.05) is 0 Å². The second-order valence-electron chi connectivity index (χ2n) is 10.4. The molecule has 0 amide bonds. The largest absolute Gasteiger partial charge is 0.404 e. The van der Waals surface area contributed by atoms with Crippen LogP contribution in [0.25, 0.3) is 55.7 Å². The molecular weight excluding hydrogens is 708 g/mol. The van der Waals surface area contributed by atoms with Crippen molar-refractivity contribution in [2.24, 2.45) is 5.73 Å². The third-order valence-corrected chi connectivity index (χ3v) is 7.66. The number of nitrogens with one attached hydrogen (secondary N) is 3. The van der Waals surface area contributed by atoms with Gasteiger partial charge in [-0.25, -0.2) is 52.7 Å². The van der Waals surface area contributed by atoms with Gasteiger partial charge in [-0.3, -0.25) is 5.10 Å². The summed E-state index contributed by atoms with van der Waals surface area (Å²) in [4.78, 5) is 0. The topological polar surface area (TPSA) is 130 Å². The van der Waals surface area contributed by atoms with E-state index in [4.69, 9.17) is 16.6 Å². The molecule has 0 spiro atoms. The Balaban J connectivity index is 1.95. The summed E-state index contributed by atoms with van der Waals surface area (Å²) in [6, 6.07) is 0.932. The van der Waals surface area contributed by atoms with Gasteiger partial charge in [0.15, 0.2) is 69.8 Å². The van der Waals surface area contributed by atoms with Gasteiger partial charge in [0, 0.05) is 36.0 Å². The molecule has 1 aromatic heterocycles. The molecule has 0 aliphatic carbocycles. The van der Waals surface area contributed by atoms with Crippen molar-refractivity contribution < 1.29 is 58.4 Å². The van der Waals surface area contributed by atoms with Crippen molar-refractivity contribution in [2.45, 2.75) is 0 Å². The van der Waals surface area contributed by atoms with Gasteiger partial charge in [-0.05, 0) is 34.9 Å². The minimum Gasteiger partial charge on any atom is -0.404 e. The normalized spacial score (nSPS) is 12.1. The fourth-order valence-corrected chi connectivity index (χ4v) is 5.30. The SMILES string of the molecule is N=CC(=CN)c1c(F)c(F)c(-c2cc(-c3c(F)c(F)c(C(C=N)=C[NH3+])c(F)c3F)cc(-c3c(F)c(F)c(-c4cn[nH]c4)c(F)c3F)c2)c(F)c1F. The zero-order valence-corrected chi connectivity index (χ0v) is 25.0. The van der Waals surface area contributed by atoms with Crippen molar-refractivity contribution in [3.8, 4) is 44.5 Å². The van der Waals surface area contributed by atoms with Crippen LogP contribution in [-0.4, -0.2) is 22.6 Å². The predicted octanol–water partition coefficient (Wildman–Crippen LogP) is 7.93. The first-order chi connectivity index (χ1) is 24.2. The Kier molecular flexibility index (Phi) is 9.65. The third kappa shape index (κ3) is 5.62. The molecular formula is C33H17F12N6+. The van der Waals surface area contributed by atoms with Gasteiger partial charge >= 0.3 is 0 Å². The molecule has 0 radical (unpaired) electrons. The molecule has 0 fully saturated rings. The first-order valence-electron chi connectivity index (χ1n) is 13.8. The molecule has 4 aromatic carbocycles. The van der Waals surface area contributed by atoms with Crippen LogP contribution >= 0.6 is 0 Å². The van der Waals surface area contributed by atoms with Crippen molar-refractivity contribution in [3.05, 3.63) is 124 Å². The molecule has 0 saturated heterocycles. The van der Waals surface area contributed by atoms with E-state index < -0.39 is 137 Å². The lowest BCUT2D eigenvalue weighted by Crippen LogP contribution is -2.40. The monoisotopic (exact) mass is 725 g/mol. The summed E-state index contributed by atoms with van der Waals surface area (Å²) in [5.74, 6) is -26.3. The van der Waals surface area contributed by atoms with Crippen LogP contribution in [0.1, 0.15) is 11.1 Å². The lowest BCUT2D eigenvalue weighted by molar-refractivity contribution is -0.273. The first kappa shape index (κ1) is 36.1. The fourth-order valence-electron chi connectivity index (χ4n) is 5.30. The Labute approximate surface area is 277 Å². The van der Waals surface area contributed by atoms with Gasteiger partial charge in [0.1, 0.15) is 6.20 Å². The molecule has 18 heteroatoms. The summed E-state index contributed by atoms with van der Waals surface area (Å²) in [7, 11) is 0. The summed E-state index contributed by atoms with van der Waals surface area (Å²) < 4.78 is 185. The predicted molar refractivity (Wildman–Crippen MR) is 160 cm³/mol. The highest BCUT2D eigenvalue weighted by atomic mass is 19.2. The van der Waals surface area contributed by atoms with Crippen LogP contribution in [0.3, 0.4) is 0 Å². The van der Waals surface area contributed by atoms with Gasteiger partial charge in [-0.2, -0.15) is 5.10 Å². The Morgan fingerprint density at radius 1 is 0.529 bits per heavy atom. The minimum absolute atomic E-state index is 0.229. The second kappa shape index (κ2) is 13.6. The highest BCUT2D eigenvalue weighted by Gasteiger charge is 2.33. The Hall–Kier alpha value is -6.17. The number of aromatic nitrogens is 2. The molecule has 5 rings (SSSR count). The number of nitrogens with zero attached hydrogens (tertiary/aromatic N) is 1. The van der Waals surface area contributed by atoms with Gasteiger partial charge in [-0.15, -0.1) is 0 Å². The van der Waals surface area contributed by atoms with Crippen LogP contribution in [0.15, 0.2) is 43.0 Å². The van der Waals surface area contributed by atoms with Crippen LogP contribution in [-0.2, 0) is 0 Å². The molecule has 0 bridgehead atoms. The molecule has 6 nitrogen and oxygen atoms in total. The summed E-state index contributed by atoms with van der Waals surface area (Å²) in [6.07, 6.45) is 3.23. The number of hydrogen-bond acceptors (Lipinski definition) is 4. The standard InChI is InChI=1S/C33H16F12N6/c34-22-16(23(35)29(41)19(28(22)40)13(4-46)5-47)10-1-11(17-24(36)30(42)20(14(6-48)7-49)31(43)25(17)37)3-12(2-10)18-26(38)32(44)21(33(45)27(18)39)15-8-50-51-9-15/h1-9,46,48H,47,49H2,(H,50,51)/p+1. The highest BCUT2D eigenvalue weighted by molar-refractivity contribution is 6.09. The first-order valence-corrected chi connectivity index (χ1v) is 13.8. The molecule has 0 aliphatic heterocycles. The minimum atomic E-state index is -2.27. The highest BCUT2D eigenvalue weighted by Crippen LogP contribution is 2.44.